The molecule has 0 spiro atoms. The van der Waals surface area contributed by atoms with Crippen LogP contribution < -0.4 is 11.1 Å². The fourth-order valence-corrected chi connectivity index (χ4v) is 1.94. The third-order valence-corrected chi connectivity index (χ3v) is 3.00. The van der Waals surface area contributed by atoms with Crippen molar-refractivity contribution >= 4 is 5.82 Å². The van der Waals surface area contributed by atoms with E-state index in [9.17, 15) is 0 Å². The van der Waals surface area contributed by atoms with Crippen LogP contribution in [-0.4, -0.2) is 16.1 Å². The molecule has 1 atom stereocenters. The van der Waals surface area contributed by atoms with E-state index in [1.807, 2.05) is 16.8 Å². The van der Waals surface area contributed by atoms with Gasteiger partial charge in [0, 0.05) is 18.8 Å². The number of nitrogens with two attached hydrogens (primary N) is 1. The minimum Gasteiger partial charge on any atom is -0.382 e. The summed E-state index contributed by atoms with van der Waals surface area (Å²) in [7, 11) is 0. The number of aromatic nitrogens is 2. The van der Waals surface area contributed by atoms with Gasteiger partial charge in [0.1, 0.15) is 5.82 Å². The Kier molecular flexibility index (Phi) is 4.36. The molecule has 1 heterocycles. The molecule has 1 aromatic carbocycles. The van der Waals surface area contributed by atoms with E-state index in [1.165, 1.54) is 5.56 Å². The van der Waals surface area contributed by atoms with Crippen LogP contribution in [0, 0.1) is 0 Å². The lowest BCUT2D eigenvalue weighted by molar-refractivity contribution is 0.526. The Morgan fingerprint density at radius 1 is 1.33 bits per heavy atom. The van der Waals surface area contributed by atoms with Crippen molar-refractivity contribution in [2.75, 3.05) is 12.3 Å². The Labute approximate surface area is 108 Å². The molecule has 0 radical (unpaired) electrons. The van der Waals surface area contributed by atoms with Crippen LogP contribution >= 0.6 is 0 Å². The first-order valence-electron chi connectivity index (χ1n) is 6.31. The van der Waals surface area contributed by atoms with Gasteiger partial charge in [0.15, 0.2) is 0 Å². The maximum atomic E-state index is 5.56. The first kappa shape index (κ1) is 12.6. The number of nitrogen functional groups attached to an aromatic ring is 1. The molecule has 0 aliphatic rings. The summed E-state index contributed by atoms with van der Waals surface area (Å²) < 4.78 is 2.02. The lowest BCUT2D eigenvalue weighted by Gasteiger charge is -2.14. The largest absolute Gasteiger partial charge is 0.382 e. The molecule has 0 amide bonds. The van der Waals surface area contributed by atoms with E-state index in [0.717, 1.165) is 19.5 Å². The summed E-state index contributed by atoms with van der Waals surface area (Å²) in [6.07, 6.45) is 4.70. The minimum absolute atomic E-state index is 0.388. The third-order valence-electron chi connectivity index (χ3n) is 3.00. The van der Waals surface area contributed by atoms with Gasteiger partial charge in [-0.2, -0.15) is 0 Å². The molecule has 4 nitrogen and oxygen atoms in total. The van der Waals surface area contributed by atoms with Gasteiger partial charge in [0.05, 0.1) is 6.33 Å². The molecule has 1 aromatic heterocycles. The molecular weight excluding hydrogens is 224 g/mol. The number of imidazole rings is 1. The Morgan fingerprint density at radius 2 is 2.11 bits per heavy atom. The summed E-state index contributed by atoms with van der Waals surface area (Å²) in [5, 5.41) is 3.51. The summed E-state index contributed by atoms with van der Waals surface area (Å²) in [6.45, 7) is 4.11. The number of hydrogen-bond acceptors (Lipinski definition) is 3. The van der Waals surface area contributed by atoms with Crippen molar-refractivity contribution in [1.29, 1.82) is 0 Å². The highest BCUT2D eigenvalue weighted by atomic mass is 15.1. The summed E-state index contributed by atoms with van der Waals surface area (Å²) in [6, 6.07) is 10.9. The first-order valence-corrected chi connectivity index (χ1v) is 6.31. The number of benzene rings is 1. The van der Waals surface area contributed by atoms with E-state index in [2.05, 4.69) is 41.5 Å². The van der Waals surface area contributed by atoms with Gasteiger partial charge in [-0.3, -0.25) is 0 Å². The SMILES string of the molecule is C[C@@H](NCCCn1cnc(N)c1)c1ccccc1. The van der Waals surface area contributed by atoms with Crippen molar-refractivity contribution in [3.8, 4) is 0 Å². The Morgan fingerprint density at radius 3 is 2.78 bits per heavy atom. The highest BCUT2D eigenvalue weighted by molar-refractivity contribution is 5.22. The molecule has 96 valence electrons. The Balaban J connectivity index is 1.69. The highest BCUT2D eigenvalue weighted by Crippen LogP contribution is 2.10. The predicted molar refractivity (Wildman–Crippen MR) is 74.1 cm³/mol. The molecule has 0 aliphatic heterocycles. The monoisotopic (exact) mass is 244 g/mol. The van der Waals surface area contributed by atoms with Gasteiger partial charge < -0.3 is 15.6 Å². The van der Waals surface area contributed by atoms with Crippen molar-refractivity contribution in [2.45, 2.75) is 25.9 Å². The quantitative estimate of drug-likeness (QED) is 0.766. The van der Waals surface area contributed by atoms with Crippen molar-refractivity contribution in [1.82, 2.24) is 14.9 Å². The average Bonchev–Trinajstić information content (AvgIpc) is 2.81. The van der Waals surface area contributed by atoms with Gasteiger partial charge in [0.25, 0.3) is 0 Å². The molecule has 0 saturated heterocycles. The molecule has 0 unspecified atom stereocenters. The summed E-state index contributed by atoms with van der Waals surface area (Å²) >= 11 is 0. The zero-order chi connectivity index (χ0) is 12.8. The topological polar surface area (TPSA) is 55.9 Å². The summed E-state index contributed by atoms with van der Waals surface area (Å²) in [5.41, 5.74) is 6.88. The molecular formula is C14H20N4. The maximum absolute atomic E-state index is 5.56. The normalized spacial score (nSPS) is 12.5. The molecule has 0 aliphatic carbocycles. The van der Waals surface area contributed by atoms with Crippen LogP contribution in [0.5, 0.6) is 0 Å². The van der Waals surface area contributed by atoms with Gasteiger partial charge in [-0.25, -0.2) is 4.98 Å². The molecule has 2 aromatic rings. The number of aryl methyl sites for hydroxylation is 1. The first-order chi connectivity index (χ1) is 8.75. The third kappa shape index (κ3) is 3.60. The number of hydrogen-bond donors (Lipinski definition) is 2. The lowest BCUT2D eigenvalue weighted by atomic mass is 10.1. The van der Waals surface area contributed by atoms with Gasteiger partial charge >= 0.3 is 0 Å². The van der Waals surface area contributed by atoms with E-state index in [-0.39, 0.29) is 0 Å². The van der Waals surface area contributed by atoms with Crippen molar-refractivity contribution < 1.29 is 0 Å². The molecule has 0 saturated carbocycles. The number of nitrogens with one attached hydrogen (secondary N) is 1. The van der Waals surface area contributed by atoms with Crippen LogP contribution in [0.4, 0.5) is 5.82 Å². The maximum Gasteiger partial charge on any atom is 0.141 e. The van der Waals surface area contributed by atoms with E-state index < -0.39 is 0 Å². The van der Waals surface area contributed by atoms with Crippen LogP contribution in [0.1, 0.15) is 24.9 Å². The fourth-order valence-electron chi connectivity index (χ4n) is 1.94. The molecule has 0 bridgehead atoms. The average molecular weight is 244 g/mol. The smallest absolute Gasteiger partial charge is 0.141 e. The van der Waals surface area contributed by atoms with E-state index in [1.54, 1.807) is 6.33 Å². The zero-order valence-corrected chi connectivity index (χ0v) is 10.7. The van der Waals surface area contributed by atoms with Crippen LogP contribution in [0.15, 0.2) is 42.9 Å². The molecule has 2 rings (SSSR count). The van der Waals surface area contributed by atoms with Crippen molar-refractivity contribution in [3.63, 3.8) is 0 Å². The molecule has 3 N–H and O–H groups in total. The van der Waals surface area contributed by atoms with Crippen molar-refractivity contribution in [3.05, 3.63) is 48.4 Å². The highest BCUT2D eigenvalue weighted by Gasteiger charge is 2.02. The summed E-state index contributed by atoms with van der Waals surface area (Å²) in [5.74, 6) is 0.584. The standard InChI is InChI=1S/C14H20N4/c1-12(13-6-3-2-4-7-13)16-8-5-9-18-10-14(15)17-11-18/h2-4,6-7,10-12,16H,5,8-9,15H2,1H3/t12-/m1/s1. The Bertz CT molecular complexity index is 464. The van der Waals surface area contributed by atoms with Gasteiger partial charge in [-0.15, -0.1) is 0 Å². The fraction of sp³-hybridized carbons (Fsp3) is 0.357. The number of anilines is 1. The van der Waals surface area contributed by atoms with Crippen LogP contribution in [-0.2, 0) is 6.54 Å². The van der Waals surface area contributed by atoms with Crippen molar-refractivity contribution in [2.24, 2.45) is 0 Å². The minimum atomic E-state index is 0.388. The van der Waals surface area contributed by atoms with E-state index in [4.69, 9.17) is 5.73 Å². The number of rotatable bonds is 6. The summed E-state index contributed by atoms with van der Waals surface area (Å²) in [4.78, 5) is 4.00. The van der Waals surface area contributed by atoms with Crippen LogP contribution in [0.3, 0.4) is 0 Å². The second kappa shape index (κ2) is 6.21. The second-order valence-corrected chi connectivity index (χ2v) is 4.48. The van der Waals surface area contributed by atoms with Crippen LogP contribution in [0.25, 0.3) is 0 Å². The number of nitrogens with zero attached hydrogens (tertiary/aromatic N) is 2. The van der Waals surface area contributed by atoms with Crippen LogP contribution in [0.2, 0.25) is 0 Å². The zero-order valence-electron chi connectivity index (χ0n) is 10.7. The molecule has 0 fully saturated rings. The lowest BCUT2D eigenvalue weighted by Crippen LogP contribution is -2.20. The van der Waals surface area contributed by atoms with Gasteiger partial charge in [-0.1, -0.05) is 30.3 Å². The molecule has 4 heteroatoms. The van der Waals surface area contributed by atoms with E-state index >= 15 is 0 Å². The van der Waals surface area contributed by atoms with Gasteiger partial charge in [0.2, 0.25) is 0 Å². The second-order valence-electron chi connectivity index (χ2n) is 4.48. The van der Waals surface area contributed by atoms with E-state index in [0.29, 0.717) is 11.9 Å². The molecule has 18 heavy (non-hydrogen) atoms. The Hall–Kier alpha value is -1.81. The van der Waals surface area contributed by atoms with Gasteiger partial charge in [-0.05, 0) is 25.5 Å². The predicted octanol–water partition coefficient (Wildman–Crippen LogP) is 2.21.